The molecule has 0 radical (unpaired) electrons. The van der Waals surface area contributed by atoms with Gasteiger partial charge in [-0.3, -0.25) is 19.2 Å². The van der Waals surface area contributed by atoms with Gasteiger partial charge in [0, 0.05) is 65.0 Å². The van der Waals surface area contributed by atoms with Crippen molar-refractivity contribution in [2.75, 3.05) is 52.4 Å². The van der Waals surface area contributed by atoms with Crippen molar-refractivity contribution in [3.8, 4) is 0 Å². The summed E-state index contributed by atoms with van der Waals surface area (Å²) in [7, 11) is 0. The van der Waals surface area contributed by atoms with Crippen LogP contribution in [0.5, 0.6) is 0 Å². The van der Waals surface area contributed by atoms with E-state index in [2.05, 4.69) is 78.2 Å². The van der Waals surface area contributed by atoms with E-state index < -0.39 is 23.4 Å². The number of ether oxygens (including phenoxy) is 4. The second kappa shape index (κ2) is 42.2. The molecule has 0 aromatic carbocycles. The van der Waals surface area contributed by atoms with Gasteiger partial charge in [0.1, 0.15) is 23.4 Å². The van der Waals surface area contributed by atoms with Crippen LogP contribution in [0, 0.1) is 93.7 Å². The minimum Gasteiger partial charge on any atom is -0.462 e. The SMILES string of the molecule is CC(C)CCC[C@@H](C)C1CCC2C3CC=C4CC(OC(=O)CCC(=O)N(CCCCNC(=O)OC(C)(C)C)CCCNC(=O)OC(C)(C)C)CCC4C3CCC21.CC(C)CCC[C@@H](C)[C@H]1CC[C@H]2[C@@H]3CC=C4C[C@@H](OC(=O)CCC(=O)N(CCCN)CCCCN)CC[C@]4(C)[C@H]3CC[C@]12C.Cl.Cl. The standard InChI is InChI=1S/C46H79N3O7.C38H67N3O3.2ClH/c1-31(2)14-12-15-32(3)35-20-21-40-37(35)22-23-38-36-19-17-34(30-33(36)16-18-39(38)40)54-42(51)25-24-41(50)49(29-13-27-48-44(53)56-46(7,8)9)28-11-10-26-47-43(52)55-45(4,5)6;1-27(2)10-8-11-28(3)32-14-15-33-31-13-12-29-26-30(18-20-37(29,4)34(31)19-21-38(32,33)5)44-36(43)17-16-35(42)41(25-9-23-40)24-7-6-22-39;;/h16,31-32,34-40H,10-15,17-30H2,1-9H3,(H,47,52)(H,48,53);12,27-28,30-34H,6-11,13-26,39-40H2,1-5H3;2*1H/t32-,34?,35?,36?,37?,38?,39?,40?;28-,30+,31+,32-,33+,34+,37+,38-;;/m11../s1. The number of unbranched alkanes of at least 4 members (excludes halogenated alkanes) is 2. The molecule has 8 rings (SSSR count). The lowest BCUT2D eigenvalue weighted by atomic mass is 9.47. The quantitative estimate of drug-likeness (QED) is 0.0204. The van der Waals surface area contributed by atoms with Gasteiger partial charge in [0.05, 0.1) is 12.8 Å². The summed E-state index contributed by atoms with van der Waals surface area (Å²) >= 11 is 0. The number of nitrogens with two attached hydrogens (primary N) is 2. The summed E-state index contributed by atoms with van der Waals surface area (Å²) in [6.45, 7) is 34.8. The van der Waals surface area contributed by atoms with Crippen LogP contribution in [0.4, 0.5) is 9.59 Å². The molecular weight excluding hydrogens is 1320 g/mol. The molecule has 4 amide bonds. The van der Waals surface area contributed by atoms with Crippen molar-refractivity contribution in [1.29, 1.82) is 0 Å². The zero-order valence-corrected chi connectivity index (χ0v) is 68.3. The van der Waals surface area contributed by atoms with E-state index >= 15 is 0 Å². The molecule has 16 nitrogen and oxygen atoms in total. The zero-order chi connectivity index (χ0) is 73.0. The number of nitrogens with zero attached hydrogens (tertiary/aromatic N) is 2. The van der Waals surface area contributed by atoms with Gasteiger partial charge in [0.15, 0.2) is 0 Å². The topological polar surface area (TPSA) is 222 Å². The highest BCUT2D eigenvalue weighted by Crippen LogP contribution is 2.68. The van der Waals surface area contributed by atoms with Crippen LogP contribution in [0.2, 0.25) is 0 Å². The van der Waals surface area contributed by atoms with Gasteiger partial charge in [0.25, 0.3) is 0 Å². The van der Waals surface area contributed by atoms with Crippen LogP contribution in [0.25, 0.3) is 0 Å². The molecule has 102 heavy (non-hydrogen) atoms. The van der Waals surface area contributed by atoms with Crippen molar-refractivity contribution in [1.82, 2.24) is 20.4 Å². The number of rotatable bonds is 34. The molecule has 6 N–H and O–H groups in total. The lowest BCUT2D eigenvalue weighted by molar-refractivity contribution is -0.153. The maximum atomic E-state index is 13.4. The van der Waals surface area contributed by atoms with Crippen LogP contribution in [0.3, 0.4) is 0 Å². The Morgan fingerprint density at radius 2 is 1.04 bits per heavy atom. The fourth-order valence-corrected chi connectivity index (χ4v) is 20.9. The van der Waals surface area contributed by atoms with Crippen LogP contribution in [-0.2, 0) is 38.1 Å². The molecule has 8 aliphatic carbocycles. The molecule has 0 heterocycles. The van der Waals surface area contributed by atoms with Gasteiger partial charge in [-0.1, -0.05) is 117 Å². The van der Waals surface area contributed by atoms with E-state index in [1.54, 1.807) is 10.5 Å². The second-order valence-electron chi connectivity index (χ2n) is 36.3. The average molecular weight is 1470 g/mol. The van der Waals surface area contributed by atoms with Crippen LogP contribution in [0.1, 0.15) is 302 Å². The number of nitrogens with one attached hydrogen (secondary N) is 2. The number of hydrogen-bond acceptors (Lipinski definition) is 12. The number of alkyl carbamates (subject to hydrolysis) is 2. The van der Waals surface area contributed by atoms with Crippen molar-refractivity contribution in [3.63, 3.8) is 0 Å². The van der Waals surface area contributed by atoms with Gasteiger partial charge in [-0.2, -0.15) is 0 Å². The molecule has 6 saturated carbocycles. The predicted molar refractivity (Wildman–Crippen MR) is 417 cm³/mol. The number of allylic oxidation sites excluding steroid dienone is 2. The predicted octanol–water partition coefficient (Wildman–Crippen LogP) is 18.5. The van der Waals surface area contributed by atoms with Crippen molar-refractivity contribution in [2.24, 2.45) is 105 Å². The summed E-state index contributed by atoms with van der Waals surface area (Å²) in [5, 5.41) is 5.52. The summed E-state index contributed by atoms with van der Waals surface area (Å²) in [5.41, 5.74) is 14.0. The molecule has 8 aliphatic rings. The van der Waals surface area contributed by atoms with Gasteiger partial charge in [-0.15, -0.1) is 24.8 Å². The minimum absolute atomic E-state index is 0. The molecule has 0 aromatic rings. The summed E-state index contributed by atoms with van der Waals surface area (Å²) in [6, 6.07) is 0. The third kappa shape index (κ3) is 26.4. The van der Waals surface area contributed by atoms with Crippen molar-refractivity contribution in [3.05, 3.63) is 23.3 Å². The fourth-order valence-electron chi connectivity index (χ4n) is 20.9. The monoisotopic (exact) mass is 1470 g/mol. The van der Waals surface area contributed by atoms with Gasteiger partial charge >= 0.3 is 24.1 Å². The Balaban J connectivity index is 0.000000370. The van der Waals surface area contributed by atoms with Gasteiger partial charge in [-0.25, -0.2) is 9.59 Å². The molecule has 588 valence electrons. The summed E-state index contributed by atoms with van der Waals surface area (Å²) < 4.78 is 22.7. The average Bonchev–Trinajstić information content (AvgIpc) is 1.34. The highest BCUT2D eigenvalue weighted by molar-refractivity contribution is 5.86. The van der Waals surface area contributed by atoms with Crippen molar-refractivity contribution >= 4 is 60.8 Å². The maximum absolute atomic E-state index is 13.4. The van der Waals surface area contributed by atoms with Crippen LogP contribution in [-0.4, -0.2) is 122 Å². The first-order chi connectivity index (χ1) is 47.4. The zero-order valence-electron chi connectivity index (χ0n) is 66.6. The maximum Gasteiger partial charge on any atom is 0.407 e. The molecule has 18 heteroatoms. The molecule has 0 aliphatic heterocycles. The lowest BCUT2D eigenvalue weighted by Crippen LogP contribution is -2.51. The number of carbonyl (C=O) groups excluding carboxylic acids is 6. The van der Waals surface area contributed by atoms with E-state index in [0.717, 1.165) is 135 Å². The summed E-state index contributed by atoms with van der Waals surface area (Å²) in [6.07, 6.45) is 36.6. The largest absolute Gasteiger partial charge is 0.462 e. The van der Waals surface area contributed by atoms with E-state index in [-0.39, 0.29) is 91.9 Å². The van der Waals surface area contributed by atoms with Crippen LogP contribution >= 0.6 is 24.8 Å². The van der Waals surface area contributed by atoms with Crippen molar-refractivity contribution in [2.45, 2.75) is 326 Å². The Morgan fingerprint density at radius 1 is 0.510 bits per heavy atom. The lowest BCUT2D eigenvalue weighted by Gasteiger charge is -2.58. The highest BCUT2D eigenvalue weighted by Gasteiger charge is 2.59. The number of carbonyl (C=O) groups is 6. The Bertz CT molecular complexity index is 2660. The van der Waals surface area contributed by atoms with Crippen molar-refractivity contribution < 1.29 is 47.7 Å². The first-order valence-corrected chi connectivity index (χ1v) is 41.1. The molecule has 6 fully saturated rings. The number of hydrogen-bond donors (Lipinski definition) is 4. The minimum atomic E-state index is -0.589. The molecule has 16 atom stereocenters. The molecule has 0 saturated heterocycles. The molecular formula is C84H148Cl2N6O10. The summed E-state index contributed by atoms with van der Waals surface area (Å²) in [4.78, 5) is 80.0. The third-order valence-electron chi connectivity index (χ3n) is 25.9. The third-order valence-corrected chi connectivity index (χ3v) is 25.9. The van der Waals surface area contributed by atoms with E-state index in [1.807, 2.05) is 46.4 Å². The van der Waals surface area contributed by atoms with E-state index in [1.165, 1.54) is 108 Å². The molecule has 0 aromatic heterocycles. The molecule has 7 unspecified atom stereocenters. The smallest absolute Gasteiger partial charge is 0.407 e. The first kappa shape index (κ1) is 89.0. The van der Waals surface area contributed by atoms with E-state index in [4.69, 9.17) is 30.4 Å². The van der Waals surface area contributed by atoms with E-state index in [0.29, 0.717) is 83.0 Å². The first-order valence-electron chi connectivity index (χ1n) is 41.1. The Hall–Kier alpha value is -3.60. The number of fused-ring (bicyclic) bond motifs is 10. The Labute approximate surface area is 632 Å². The van der Waals surface area contributed by atoms with Gasteiger partial charge in [-0.05, 0) is 277 Å². The fraction of sp³-hybridized carbons (Fsp3) is 0.881. The highest BCUT2D eigenvalue weighted by atomic mass is 35.5. The molecule has 0 spiro atoms. The van der Waals surface area contributed by atoms with E-state index in [9.17, 15) is 28.8 Å². The molecule has 0 bridgehead atoms. The van der Waals surface area contributed by atoms with Crippen LogP contribution in [0.15, 0.2) is 23.3 Å². The number of halogens is 2. The van der Waals surface area contributed by atoms with Gasteiger partial charge < -0.3 is 50.8 Å². The Kier molecular flexibility index (Phi) is 36.9. The Morgan fingerprint density at radius 3 is 1.63 bits per heavy atom. The van der Waals surface area contributed by atoms with Crippen LogP contribution < -0.4 is 22.1 Å². The number of amides is 4. The normalized spacial score (nSPS) is 29.1. The van der Waals surface area contributed by atoms with Gasteiger partial charge in [0.2, 0.25) is 11.8 Å². The second-order valence-corrected chi connectivity index (χ2v) is 36.3. The summed E-state index contributed by atoms with van der Waals surface area (Å²) in [5.74, 6) is 11.0. The number of esters is 2.